The van der Waals surface area contributed by atoms with Crippen LogP contribution in [0.25, 0.3) is 0 Å². The molecule has 1 rings (SSSR count). The largest absolute Gasteiger partial charge is 0.394 e. The summed E-state index contributed by atoms with van der Waals surface area (Å²) in [5, 5.41) is 14.7. The number of aliphatic hydroxyl groups is 1. The van der Waals surface area contributed by atoms with Crippen LogP contribution >= 0.6 is 0 Å². The second kappa shape index (κ2) is 7.65. The van der Waals surface area contributed by atoms with Gasteiger partial charge in [-0.2, -0.15) is 0 Å². The van der Waals surface area contributed by atoms with Gasteiger partial charge in [0, 0.05) is 11.3 Å². The molecule has 0 aliphatic carbocycles. The average molecular weight is 278 g/mol. The van der Waals surface area contributed by atoms with Crippen molar-refractivity contribution < 1.29 is 14.7 Å². The van der Waals surface area contributed by atoms with Crippen molar-refractivity contribution in [2.45, 2.75) is 33.2 Å². The third-order valence-corrected chi connectivity index (χ3v) is 3.59. The average Bonchev–Trinajstić information content (AvgIpc) is 2.46. The molecule has 0 saturated heterocycles. The lowest BCUT2D eigenvalue weighted by atomic mass is 10.0. The number of hydrogen-bond acceptors (Lipinski definition) is 3. The molecule has 110 valence electrons. The van der Waals surface area contributed by atoms with Crippen LogP contribution in [0.2, 0.25) is 0 Å². The second-order valence-corrected chi connectivity index (χ2v) is 4.91. The van der Waals surface area contributed by atoms with E-state index >= 15 is 0 Å². The summed E-state index contributed by atoms with van der Waals surface area (Å²) in [4.78, 5) is 22.8. The highest BCUT2D eigenvalue weighted by Gasteiger charge is 2.17. The molecular formula is C15H22N2O3. The highest BCUT2D eigenvalue weighted by atomic mass is 16.3. The zero-order valence-corrected chi connectivity index (χ0v) is 12.1. The molecule has 2 amide bonds. The summed E-state index contributed by atoms with van der Waals surface area (Å²) in [7, 11) is 0. The number of benzene rings is 1. The molecule has 0 fully saturated rings. The Kier molecular flexibility index (Phi) is 6.18. The predicted molar refractivity (Wildman–Crippen MR) is 79.0 cm³/mol. The second-order valence-electron chi connectivity index (χ2n) is 4.91. The van der Waals surface area contributed by atoms with Gasteiger partial charge in [-0.05, 0) is 24.5 Å². The van der Waals surface area contributed by atoms with Gasteiger partial charge < -0.3 is 15.7 Å². The number of urea groups is 1. The Morgan fingerprint density at radius 1 is 1.45 bits per heavy atom. The molecule has 0 saturated carbocycles. The number of amides is 2. The number of aliphatic hydroxyl groups excluding tert-OH is 1. The van der Waals surface area contributed by atoms with E-state index in [0.717, 1.165) is 18.3 Å². The van der Waals surface area contributed by atoms with Crippen LogP contribution in [0, 0.1) is 12.8 Å². The van der Waals surface area contributed by atoms with Crippen molar-refractivity contribution in [3.8, 4) is 0 Å². The fraction of sp³-hybridized carbons (Fsp3) is 0.467. The van der Waals surface area contributed by atoms with Gasteiger partial charge in [-0.15, -0.1) is 0 Å². The Hall–Kier alpha value is -1.88. The van der Waals surface area contributed by atoms with Crippen molar-refractivity contribution in [1.29, 1.82) is 0 Å². The van der Waals surface area contributed by atoms with E-state index in [-0.39, 0.29) is 24.6 Å². The van der Waals surface area contributed by atoms with Gasteiger partial charge in [0.15, 0.2) is 0 Å². The van der Waals surface area contributed by atoms with Crippen molar-refractivity contribution in [2.75, 3.05) is 11.9 Å². The van der Waals surface area contributed by atoms with Crippen LogP contribution in [0.5, 0.6) is 0 Å². The standard InChI is InChI=1S/C15H22N2O3/c1-4-10(2)14(9-19)17-15(20)16-13-7-5-6-12(8-18)11(13)3/h5-8,10,14,19H,4,9H2,1-3H3,(H2,16,17,20)/t10-,14-/m1/s1. The third-order valence-electron chi connectivity index (χ3n) is 3.59. The molecule has 0 aromatic heterocycles. The molecular weight excluding hydrogens is 256 g/mol. The SMILES string of the molecule is CC[C@@H](C)[C@@H](CO)NC(=O)Nc1cccc(C=O)c1C. The van der Waals surface area contributed by atoms with Gasteiger partial charge in [-0.3, -0.25) is 4.79 Å². The van der Waals surface area contributed by atoms with Gasteiger partial charge >= 0.3 is 6.03 Å². The number of carbonyl (C=O) groups excluding carboxylic acids is 2. The normalized spacial score (nSPS) is 13.4. The third kappa shape index (κ3) is 4.06. The molecule has 0 aliphatic heterocycles. The van der Waals surface area contributed by atoms with E-state index in [0.29, 0.717) is 11.3 Å². The molecule has 0 radical (unpaired) electrons. The molecule has 2 atom stereocenters. The summed E-state index contributed by atoms with van der Waals surface area (Å²) in [5.41, 5.74) is 1.86. The molecule has 1 aromatic carbocycles. The summed E-state index contributed by atoms with van der Waals surface area (Å²) >= 11 is 0. The predicted octanol–water partition coefficient (Wildman–Crippen LogP) is 2.34. The fourth-order valence-electron chi connectivity index (χ4n) is 1.90. The summed E-state index contributed by atoms with van der Waals surface area (Å²) in [5.74, 6) is 0.188. The van der Waals surface area contributed by atoms with Crippen LogP contribution in [0.15, 0.2) is 18.2 Å². The Bertz CT molecular complexity index is 474. The van der Waals surface area contributed by atoms with Gasteiger partial charge in [0.2, 0.25) is 0 Å². The maximum absolute atomic E-state index is 11.9. The molecule has 1 aromatic rings. The van der Waals surface area contributed by atoms with Crippen molar-refractivity contribution in [2.24, 2.45) is 5.92 Å². The number of rotatable bonds is 6. The Morgan fingerprint density at radius 3 is 2.70 bits per heavy atom. The van der Waals surface area contributed by atoms with Crippen LogP contribution in [0.3, 0.4) is 0 Å². The van der Waals surface area contributed by atoms with Crippen LogP contribution in [0.4, 0.5) is 10.5 Å². The van der Waals surface area contributed by atoms with Gasteiger partial charge in [0.05, 0.1) is 12.6 Å². The Balaban J connectivity index is 2.73. The zero-order valence-electron chi connectivity index (χ0n) is 12.1. The number of carbonyl (C=O) groups is 2. The topological polar surface area (TPSA) is 78.4 Å². The lowest BCUT2D eigenvalue weighted by molar-refractivity contribution is 0.112. The maximum Gasteiger partial charge on any atom is 0.319 e. The van der Waals surface area contributed by atoms with Gasteiger partial charge in [-0.1, -0.05) is 32.4 Å². The van der Waals surface area contributed by atoms with E-state index in [2.05, 4.69) is 10.6 Å². The summed E-state index contributed by atoms with van der Waals surface area (Å²) < 4.78 is 0. The molecule has 5 heteroatoms. The minimum Gasteiger partial charge on any atom is -0.394 e. The summed E-state index contributed by atoms with van der Waals surface area (Å²) in [6.45, 7) is 5.65. The van der Waals surface area contributed by atoms with E-state index < -0.39 is 0 Å². The minimum atomic E-state index is -0.379. The van der Waals surface area contributed by atoms with E-state index in [1.807, 2.05) is 13.8 Å². The van der Waals surface area contributed by atoms with Crippen LogP contribution < -0.4 is 10.6 Å². The molecule has 0 spiro atoms. The first-order valence-electron chi connectivity index (χ1n) is 6.76. The zero-order chi connectivity index (χ0) is 15.1. The Morgan fingerprint density at radius 2 is 2.15 bits per heavy atom. The van der Waals surface area contributed by atoms with Crippen molar-refractivity contribution >= 4 is 18.0 Å². The number of hydrogen-bond donors (Lipinski definition) is 3. The molecule has 0 heterocycles. The number of aldehydes is 1. The monoisotopic (exact) mass is 278 g/mol. The molecule has 20 heavy (non-hydrogen) atoms. The van der Waals surface area contributed by atoms with Crippen LogP contribution in [-0.2, 0) is 0 Å². The van der Waals surface area contributed by atoms with Gasteiger partial charge in [-0.25, -0.2) is 4.79 Å². The minimum absolute atomic E-state index is 0.101. The van der Waals surface area contributed by atoms with Crippen molar-refractivity contribution in [3.05, 3.63) is 29.3 Å². The first-order chi connectivity index (χ1) is 9.53. The first kappa shape index (κ1) is 16.2. The summed E-state index contributed by atoms with van der Waals surface area (Å²) in [6, 6.07) is 4.48. The lowest BCUT2D eigenvalue weighted by Gasteiger charge is -2.22. The molecule has 5 nitrogen and oxygen atoms in total. The van der Waals surface area contributed by atoms with Crippen LogP contribution in [-0.4, -0.2) is 30.1 Å². The van der Waals surface area contributed by atoms with Gasteiger partial charge in [0.25, 0.3) is 0 Å². The van der Waals surface area contributed by atoms with Gasteiger partial charge in [0.1, 0.15) is 6.29 Å². The van der Waals surface area contributed by atoms with E-state index in [9.17, 15) is 14.7 Å². The first-order valence-corrected chi connectivity index (χ1v) is 6.76. The smallest absolute Gasteiger partial charge is 0.319 e. The Labute approximate surface area is 119 Å². The number of anilines is 1. The fourth-order valence-corrected chi connectivity index (χ4v) is 1.90. The highest BCUT2D eigenvalue weighted by Crippen LogP contribution is 2.17. The van der Waals surface area contributed by atoms with Crippen molar-refractivity contribution in [3.63, 3.8) is 0 Å². The van der Waals surface area contributed by atoms with Crippen LogP contribution in [0.1, 0.15) is 36.2 Å². The molecule has 0 aliphatic rings. The van der Waals surface area contributed by atoms with E-state index in [4.69, 9.17) is 0 Å². The van der Waals surface area contributed by atoms with E-state index in [1.165, 1.54) is 0 Å². The lowest BCUT2D eigenvalue weighted by Crippen LogP contribution is -2.44. The quantitative estimate of drug-likeness (QED) is 0.699. The molecule has 3 N–H and O–H groups in total. The maximum atomic E-state index is 11.9. The number of nitrogens with one attached hydrogen (secondary N) is 2. The van der Waals surface area contributed by atoms with E-state index in [1.54, 1.807) is 25.1 Å². The summed E-state index contributed by atoms with van der Waals surface area (Å²) in [6.07, 6.45) is 1.62. The van der Waals surface area contributed by atoms with Crippen molar-refractivity contribution in [1.82, 2.24) is 5.32 Å². The highest BCUT2D eigenvalue weighted by molar-refractivity contribution is 5.92. The molecule has 0 bridgehead atoms. The molecule has 0 unspecified atom stereocenters.